The van der Waals surface area contributed by atoms with Gasteiger partial charge < -0.3 is 20.2 Å². The number of rotatable bonds is 5. The molecule has 1 fully saturated rings. The Labute approximate surface area is 201 Å². The third kappa shape index (κ3) is 4.94. The molecule has 1 aromatic carbocycles. The van der Waals surface area contributed by atoms with Gasteiger partial charge in [0.25, 0.3) is 0 Å². The quantitative estimate of drug-likeness (QED) is 0.320. The Hall–Kier alpha value is -2.95. The fraction of sp³-hybridized carbons (Fsp3) is 0.316. The van der Waals surface area contributed by atoms with Crippen LogP contribution in [-0.4, -0.2) is 100 Å². The Balaban J connectivity index is 1.65. The van der Waals surface area contributed by atoms with E-state index in [2.05, 4.69) is 15.4 Å². The van der Waals surface area contributed by atoms with Gasteiger partial charge in [-0.2, -0.15) is 0 Å². The van der Waals surface area contributed by atoms with E-state index >= 15 is 0 Å². The number of aromatic nitrogens is 3. The van der Waals surface area contributed by atoms with Crippen LogP contribution in [-0.2, 0) is 0 Å². The van der Waals surface area contributed by atoms with Crippen LogP contribution in [0.5, 0.6) is 0 Å². The minimum Gasteiger partial charge on any atom is -0.388 e. The second-order valence-corrected chi connectivity index (χ2v) is 10.1. The highest BCUT2D eigenvalue weighted by Crippen LogP contribution is 2.28. The Morgan fingerprint density at radius 1 is 1.24 bits per heavy atom. The monoisotopic (exact) mass is 462 g/mol. The van der Waals surface area contributed by atoms with E-state index in [4.69, 9.17) is 0 Å². The molecule has 8 nitrogen and oxygen atoms in total. The smallest absolute Gasteiger partial charge is 0.321 e. The number of anilines is 2. The summed E-state index contributed by atoms with van der Waals surface area (Å²) in [5, 5.41) is 18.1. The van der Waals surface area contributed by atoms with E-state index in [0.717, 1.165) is 0 Å². The minimum atomic E-state index is -1.14. The van der Waals surface area contributed by atoms with E-state index < -0.39 is 23.5 Å². The van der Waals surface area contributed by atoms with E-state index in [1.807, 2.05) is 34.5 Å². The number of nitrogens with zero attached hydrogens (tertiary/aromatic N) is 5. The van der Waals surface area contributed by atoms with Gasteiger partial charge in [0.2, 0.25) is 0 Å². The summed E-state index contributed by atoms with van der Waals surface area (Å²) in [6.07, 6.45) is 2.57. The zero-order valence-electron chi connectivity index (χ0n) is 20.0. The van der Waals surface area contributed by atoms with E-state index in [1.54, 1.807) is 28.1 Å². The Morgan fingerprint density at radius 3 is 2.59 bits per heavy atom. The van der Waals surface area contributed by atoms with Crippen LogP contribution in [0.3, 0.4) is 0 Å². The summed E-state index contributed by atoms with van der Waals surface area (Å²) < 4.78 is 29.5. The van der Waals surface area contributed by atoms with Crippen molar-refractivity contribution in [1.82, 2.24) is 19.7 Å². The number of amides is 2. The number of hydrogen-bond acceptors (Lipinski definition) is 5. The largest absolute Gasteiger partial charge is 0.388 e. The van der Waals surface area contributed by atoms with Gasteiger partial charge >= 0.3 is 6.03 Å². The zero-order chi connectivity index (χ0) is 24.8. The molecule has 3 heterocycles. The van der Waals surface area contributed by atoms with Gasteiger partial charge in [0, 0.05) is 23.8 Å². The molecule has 0 aliphatic carbocycles. The number of carbonyl (C=O) groups excluding carboxylic acids is 1. The van der Waals surface area contributed by atoms with E-state index in [0.29, 0.717) is 35.4 Å². The molecule has 0 radical (unpaired) electrons. The van der Waals surface area contributed by atoms with Crippen LogP contribution in [0, 0.1) is 5.82 Å². The van der Waals surface area contributed by atoms with Gasteiger partial charge in [0.05, 0.1) is 24.0 Å². The lowest BCUT2D eigenvalue weighted by Crippen LogP contribution is -2.64. The lowest BCUT2D eigenvalue weighted by Gasteiger charge is -2.47. The van der Waals surface area contributed by atoms with Crippen LogP contribution in [0.4, 0.5) is 25.0 Å². The maximum atomic E-state index is 14.7. The van der Waals surface area contributed by atoms with Crippen molar-refractivity contribution in [2.24, 2.45) is 0 Å². The summed E-state index contributed by atoms with van der Waals surface area (Å²) in [5.41, 5.74) is 0.480. The van der Waals surface area contributed by atoms with Crippen molar-refractivity contribution in [2.45, 2.75) is 23.4 Å². The number of likely N-dealkylation sites (tertiary alicyclic amines) is 1. The van der Waals surface area contributed by atoms with Crippen LogP contribution >= 0.6 is 0 Å². The summed E-state index contributed by atoms with van der Waals surface area (Å²) in [7, 11) is 9.38. The summed E-state index contributed by atoms with van der Waals surface area (Å²) in [6.45, 7) is 0.393. The molecule has 2 aromatic heterocycles. The highest BCUT2D eigenvalue weighted by Gasteiger charge is 2.33. The molecule has 2 amide bonds. The molecule has 1 unspecified atom stereocenters. The van der Waals surface area contributed by atoms with Crippen LogP contribution in [0.15, 0.2) is 36.7 Å². The number of hydrogen-bond donors (Lipinski definition) is 2. The first kappa shape index (κ1) is 24.2. The first-order valence-corrected chi connectivity index (χ1v) is 11.2. The van der Waals surface area contributed by atoms with Crippen LogP contribution < -0.4 is 10.2 Å². The third-order valence-corrected chi connectivity index (χ3v) is 5.68. The van der Waals surface area contributed by atoms with Gasteiger partial charge in [-0.25, -0.2) is 23.2 Å². The molecule has 1 aliphatic rings. The number of urea groups is 1. The molecular formula is C19H25B5F2N6O2. The Kier molecular flexibility index (Phi) is 6.18. The van der Waals surface area contributed by atoms with Gasteiger partial charge in [-0.1, -0.05) is 0 Å². The highest BCUT2D eigenvalue weighted by molar-refractivity contribution is 6.62. The van der Waals surface area contributed by atoms with Gasteiger partial charge in [0.15, 0.2) is 21.3 Å². The summed E-state index contributed by atoms with van der Waals surface area (Å²) in [6, 6.07) is 5.58. The molecule has 172 valence electrons. The van der Waals surface area contributed by atoms with Crippen LogP contribution in [0.1, 0.15) is 6.42 Å². The predicted octanol–water partition coefficient (Wildman–Crippen LogP) is -2.68. The van der Waals surface area contributed by atoms with Crippen molar-refractivity contribution in [3.05, 3.63) is 42.5 Å². The molecule has 1 atom stereocenters. The molecule has 2 N–H and O–H groups in total. The second kappa shape index (κ2) is 8.68. The standard InChI is InChI=1S/C19H25B5F2N6O2/c20-18(21,22)32(19(23,24)34)13-5-10-8-31(29-16(10)27-7-13)15-6-12(1-2-14(15)26)28-17(33)30-4-3-11(25)9-30/h1-2,5-8,11,34H,3-4,9,20-24H2,(H,28,33). The van der Waals surface area contributed by atoms with Crippen LogP contribution in [0.25, 0.3) is 16.7 Å². The second-order valence-electron chi connectivity index (χ2n) is 10.1. The number of pyridine rings is 1. The maximum absolute atomic E-state index is 14.7. The summed E-state index contributed by atoms with van der Waals surface area (Å²) in [5.74, 6) is -0.524. The van der Waals surface area contributed by atoms with Crippen molar-refractivity contribution < 1.29 is 18.7 Å². The number of carbonyl (C=O) groups is 1. The van der Waals surface area contributed by atoms with Crippen molar-refractivity contribution in [1.29, 1.82) is 0 Å². The highest BCUT2D eigenvalue weighted by atomic mass is 19.1. The number of fused-ring (bicyclic) bond motifs is 1. The van der Waals surface area contributed by atoms with E-state index in [1.165, 1.54) is 27.8 Å². The summed E-state index contributed by atoms with van der Waals surface area (Å²) in [4.78, 5) is 20.1. The fourth-order valence-corrected chi connectivity index (χ4v) is 4.54. The number of nitrogens with one attached hydrogen (secondary N) is 1. The van der Waals surface area contributed by atoms with Gasteiger partial charge in [-0.05, 0) is 35.9 Å². The van der Waals surface area contributed by atoms with Crippen molar-refractivity contribution in [3.63, 3.8) is 0 Å². The van der Waals surface area contributed by atoms with Crippen molar-refractivity contribution in [3.8, 4) is 5.69 Å². The maximum Gasteiger partial charge on any atom is 0.321 e. The first-order valence-electron chi connectivity index (χ1n) is 11.2. The van der Waals surface area contributed by atoms with Crippen LogP contribution in [0.2, 0.25) is 0 Å². The molecule has 0 spiro atoms. The normalized spacial score (nSPS) is 16.7. The molecule has 15 heteroatoms. The fourth-order valence-electron chi connectivity index (χ4n) is 4.54. The third-order valence-electron chi connectivity index (χ3n) is 5.68. The zero-order valence-corrected chi connectivity index (χ0v) is 20.0. The summed E-state index contributed by atoms with van der Waals surface area (Å²) >= 11 is 0. The molecule has 34 heavy (non-hydrogen) atoms. The Morgan fingerprint density at radius 2 is 1.97 bits per heavy atom. The lowest BCUT2D eigenvalue weighted by molar-refractivity contribution is 0.205. The molecule has 1 aliphatic heterocycles. The van der Waals surface area contributed by atoms with Gasteiger partial charge in [-0.3, -0.25) is 0 Å². The van der Waals surface area contributed by atoms with E-state index in [9.17, 15) is 18.7 Å². The molecule has 4 rings (SSSR count). The number of benzene rings is 1. The van der Waals surface area contributed by atoms with Crippen molar-refractivity contribution in [2.75, 3.05) is 23.3 Å². The number of alkyl halides is 1. The number of halogens is 2. The Bertz CT molecular complexity index is 1220. The van der Waals surface area contributed by atoms with Crippen molar-refractivity contribution >= 4 is 67.7 Å². The molecule has 0 bridgehead atoms. The SMILES string of the molecule is BC(B)(B)N(c1cnc2nn(-c3cc(NC(=O)N4CCC(F)C4)ccc3F)cc2c1)C(B)(B)O. The predicted molar refractivity (Wildman–Crippen MR) is 142 cm³/mol. The van der Waals surface area contributed by atoms with Gasteiger partial charge in [-0.15, -0.1) is 5.10 Å². The number of aliphatic hydroxyl groups is 1. The van der Waals surface area contributed by atoms with Gasteiger partial charge in [0.1, 0.15) is 41.2 Å². The molecule has 3 aromatic rings. The average molecular weight is 462 g/mol. The lowest BCUT2D eigenvalue weighted by atomic mass is 9.46. The van der Waals surface area contributed by atoms with E-state index in [-0.39, 0.29) is 17.5 Å². The molecule has 0 saturated carbocycles. The minimum absolute atomic E-state index is 0.0503. The topological polar surface area (TPSA) is 86.5 Å². The molecular weight excluding hydrogens is 436 g/mol. The molecule has 1 saturated heterocycles. The first-order chi connectivity index (χ1) is 15.8. The average Bonchev–Trinajstić information content (AvgIpc) is 3.33.